The number of benzene rings is 1. The molecule has 19 heavy (non-hydrogen) atoms. The van der Waals surface area contributed by atoms with E-state index in [0.29, 0.717) is 0 Å². The van der Waals surface area contributed by atoms with Crippen LogP contribution in [0.25, 0.3) is 0 Å². The van der Waals surface area contributed by atoms with Crippen molar-refractivity contribution in [3.05, 3.63) is 46.7 Å². The number of hydrogen-bond donors (Lipinski definition) is 1. The van der Waals surface area contributed by atoms with Crippen molar-refractivity contribution >= 4 is 11.6 Å². The van der Waals surface area contributed by atoms with Gasteiger partial charge >= 0.3 is 0 Å². The number of hydrogen-bond acceptors (Lipinski definition) is 3. The van der Waals surface area contributed by atoms with Crippen molar-refractivity contribution in [2.24, 2.45) is 7.05 Å². The normalized spacial score (nSPS) is 10.7. The lowest BCUT2D eigenvalue weighted by molar-refractivity contribution is 0.408. The molecule has 5 heteroatoms. The summed E-state index contributed by atoms with van der Waals surface area (Å²) in [5.41, 5.74) is 2.30. The van der Waals surface area contributed by atoms with Gasteiger partial charge in [-0.3, -0.25) is 4.68 Å². The summed E-state index contributed by atoms with van der Waals surface area (Å²) >= 11 is 5.99. The van der Waals surface area contributed by atoms with Gasteiger partial charge in [0.25, 0.3) is 0 Å². The fourth-order valence-electron chi connectivity index (χ4n) is 1.94. The molecule has 0 atom stereocenters. The first kappa shape index (κ1) is 13.9. The van der Waals surface area contributed by atoms with Crippen LogP contribution in [0.2, 0.25) is 5.02 Å². The first-order valence-corrected chi connectivity index (χ1v) is 6.57. The highest BCUT2D eigenvalue weighted by Crippen LogP contribution is 2.22. The summed E-state index contributed by atoms with van der Waals surface area (Å²) in [6.07, 6.45) is 4.88. The van der Waals surface area contributed by atoms with Gasteiger partial charge in [-0.15, -0.1) is 0 Å². The van der Waals surface area contributed by atoms with Gasteiger partial charge in [0.2, 0.25) is 0 Å². The molecular formula is C14H18ClN3O. The van der Waals surface area contributed by atoms with E-state index in [4.69, 9.17) is 16.3 Å². The van der Waals surface area contributed by atoms with Crippen molar-refractivity contribution in [1.29, 1.82) is 0 Å². The van der Waals surface area contributed by atoms with E-state index in [1.165, 1.54) is 5.56 Å². The third-order valence-corrected chi connectivity index (χ3v) is 3.14. The Morgan fingerprint density at radius 1 is 1.42 bits per heavy atom. The molecule has 1 aromatic carbocycles. The lowest BCUT2D eigenvalue weighted by Gasteiger charge is -2.09. The third-order valence-electron chi connectivity index (χ3n) is 2.91. The Morgan fingerprint density at radius 3 is 2.95 bits per heavy atom. The zero-order chi connectivity index (χ0) is 13.7. The molecule has 0 unspecified atom stereocenters. The van der Waals surface area contributed by atoms with Gasteiger partial charge in [-0.2, -0.15) is 5.10 Å². The molecule has 102 valence electrons. The predicted octanol–water partition coefficient (Wildman–Crippen LogP) is 2.41. The number of aromatic nitrogens is 2. The van der Waals surface area contributed by atoms with Crippen LogP contribution in [-0.4, -0.2) is 23.4 Å². The molecule has 0 bridgehead atoms. The van der Waals surface area contributed by atoms with Gasteiger partial charge in [0.1, 0.15) is 5.75 Å². The smallest absolute Gasteiger partial charge is 0.123 e. The molecule has 0 radical (unpaired) electrons. The van der Waals surface area contributed by atoms with Crippen LogP contribution >= 0.6 is 11.6 Å². The first-order chi connectivity index (χ1) is 9.19. The van der Waals surface area contributed by atoms with Crippen molar-refractivity contribution in [3.63, 3.8) is 0 Å². The molecule has 4 nitrogen and oxygen atoms in total. The van der Waals surface area contributed by atoms with Crippen LogP contribution in [0.5, 0.6) is 5.75 Å². The molecule has 0 saturated carbocycles. The highest BCUT2D eigenvalue weighted by atomic mass is 35.5. The van der Waals surface area contributed by atoms with E-state index in [2.05, 4.69) is 10.4 Å². The van der Waals surface area contributed by atoms with E-state index in [-0.39, 0.29) is 0 Å². The summed E-state index contributed by atoms with van der Waals surface area (Å²) in [6, 6.07) is 5.65. The summed E-state index contributed by atoms with van der Waals surface area (Å²) in [4.78, 5) is 0. The molecule has 0 spiro atoms. The van der Waals surface area contributed by atoms with Gasteiger partial charge in [0.05, 0.1) is 13.3 Å². The number of nitrogens with one attached hydrogen (secondary N) is 1. The molecule has 2 rings (SSSR count). The number of nitrogens with zero attached hydrogens (tertiary/aromatic N) is 2. The summed E-state index contributed by atoms with van der Waals surface area (Å²) < 4.78 is 7.12. The number of aryl methyl sites for hydroxylation is 1. The second-order valence-electron chi connectivity index (χ2n) is 4.41. The Morgan fingerprint density at radius 2 is 2.26 bits per heavy atom. The maximum Gasteiger partial charge on any atom is 0.123 e. The largest absolute Gasteiger partial charge is 0.496 e. The van der Waals surface area contributed by atoms with E-state index < -0.39 is 0 Å². The van der Waals surface area contributed by atoms with Crippen LogP contribution in [-0.2, 0) is 20.0 Å². The maximum atomic E-state index is 5.99. The van der Waals surface area contributed by atoms with Gasteiger partial charge in [-0.25, -0.2) is 0 Å². The molecule has 0 aliphatic heterocycles. The molecule has 0 saturated heterocycles. The van der Waals surface area contributed by atoms with E-state index in [9.17, 15) is 0 Å². The molecule has 2 aromatic rings. The fourth-order valence-corrected chi connectivity index (χ4v) is 2.14. The van der Waals surface area contributed by atoms with Gasteiger partial charge in [0, 0.05) is 30.4 Å². The summed E-state index contributed by atoms with van der Waals surface area (Å²) in [7, 11) is 3.59. The standard InChI is InChI=1S/C14H18ClN3O/c1-18-10-11(8-17-18)5-6-16-9-12-7-13(15)3-4-14(12)19-2/h3-4,7-8,10,16H,5-6,9H2,1-2H3. The second kappa shape index (κ2) is 6.59. The average molecular weight is 280 g/mol. The predicted molar refractivity (Wildman–Crippen MR) is 76.6 cm³/mol. The number of halogens is 1. The number of ether oxygens (including phenoxy) is 1. The third kappa shape index (κ3) is 3.98. The van der Waals surface area contributed by atoms with Crippen LogP contribution in [0.1, 0.15) is 11.1 Å². The summed E-state index contributed by atoms with van der Waals surface area (Å²) in [5, 5.41) is 8.26. The van der Waals surface area contributed by atoms with E-state index in [0.717, 1.165) is 35.8 Å². The maximum absolute atomic E-state index is 5.99. The van der Waals surface area contributed by atoms with Crippen LogP contribution in [0.3, 0.4) is 0 Å². The molecule has 1 heterocycles. The molecule has 0 amide bonds. The highest BCUT2D eigenvalue weighted by molar-refractivity contribution is 6.30. The zero-order valence-electron chi connectivity index (χ0n) is 11.2. The lowest BCUT2D eigenvalue weighted by atomic mass is 10.2. The van der Waals surface area contributed by atoms with Gasteiger partial charge in [-0.1, -0.05) is 11.6 Å². The van der Waals surface area contributed by atoms with Crippen molar-refractivity contribution in [3.8, 4) is 5.75 Å². The highest BCUT2D eigenvalue weighted by Gasteiger charge is 2.03. The molecule has 0 aliphatic carbocycles. The molecule has 1 aromatic heterocycles. The van der Waals surface area contributed by atoms with Crippen molar-refractivity contribution < 1.29 is 4.74 Å². The van der Waals surface area contributed by atoms with Gasteiger partial charge in [0.15, 0.2) is 0 Å². The first-order valence-electron chi connectivity index (χ1n) is 6.19. The Kier molecular flexibility index (Phi) is 4.82. The van der Waals surface area contributed by atoms with Crippen molar-refractivity contribution in [2.45, 2.75) is 13.0 Å². The van der Waals surface area contributed by atoms with Crippen molar-refractivity contribution in [1.82, 2.24) is 15.1 Å². The second-order valence-corrected chi connectivity index (χ2v) is 4.84. The monoisotopic (exact) mass is 279 g/mol. The van der Waals surface area contributed by atoms with Crippen molar-refractivity contribution in [2.75, 3.05) is 13.7 Å². The summed E-state index contributed by atoms with van der Waals surface area (Å²) in [5.74, 6) is 0.860. The van der Waals surface area contributed by atoms with Crippen LogP contribution < -0.4 is 10.1 Å². The zero-order valence-corrected chi connectivity index (χ0v) is 11.9. The molecule has 0 fully saturated rings. The topological polar surface area (TPSA) is 39.1 Å². The van der Waals surface area contributed by atoms with Gasteiger partial charge in [-0.05, 0) is 36.7 Å². The Hall–Kier alpha value is -1.52. The average Bonchev–Trinajstić information content (AvgIpc) is 2.81. The quantitative estimate of drug-likeness (QED) is 0.826. The minimum atomic E-state index is 0.727. The Bertz CT molecular complexity index is 539. The van der Waals surface area contributed by atoms with Crippen LogP contribution in [0.4, 0.5) is 0 Å². The molecule has 0 aliphatic rings. The number of methoxy groups -OCH3 is 1. The molecule has 1 N–H and O–H groups in total. The van der Waals surface area contributed by atoms with Crippen LogP contribution in [0.15, 0.2) is 30.6 Å². The Balaban J connectivity index is 1.83. The molecular weight excluding hydrogens is 262 g/mol. The van der Waals surface area contributed by atoms with Gasteiger partial charge < -0.3 is 10.1 Å². The minimum absolute atomic E-state index is 0.727. The number of rotatable bonds is 6. The van der Waals surface area contributed by atoms with E-state index >= 15 is 0 Å². The fraction of sp³-hybridized carbons (Fsp3) is 0.357. The van der Waals surface area contributed by atoms with E-state index in [1.807, 2.05) is 42.3 Å². The SMILES string of the molecule is COc1ccc(Cl)cc1CNCCc1cnn(C)c1. The van der Waals surface area contributed by atoms with Crippen LogP contribution in [0, 0.1) is 0 Å². The Labute approximate surface area is 118 Å². The summed E-state index contributed by atoms with van der Waals surface area (Å²) in [6.45, 7) is 1.63. The minimum Gasteiger partial charge on any atom is -0.496 e. The lowest BCUT2D eigenvalue weighted by Crippen LogP contribution is -2.17. The van der Waals surface area contributed by atoms with E-state index in [1.54, 1.807) is 7.11 Å².